The molecule has 1 aliphatic carbocycles. The summed E-state index contributed by atoms with van der Waals surface area (Å²) in [6.45, 7) is 5.07. The SMILES string of the molecule is CC(=O)N(C[C@@H]1CCc2ccccc2C1=O)[C@@H](C(=O)O)C(C)C. The second-order valence-electron chi connectivity index (χ2n) is 6.46. The fourth-order valence-corrected chi connectivity index (χ4v) is 3.29. The van der Waals surface area contributed by atoms with E-state index in [0.717, 1.165) is 12.0 Å². The number of carbonyl (C=O) groups is 3. The molecule has 0 radical (unpaired) electrons. The highest BCUT2D eigenvalue weighted by Gasteiger charge is 2.35. The van der Waals surface area contributed by atoms with E-state index in [4.69, 9.17) is 0 Å². The normalized spacial score (nSPS) is 18.4. The topological polar surface area (TPSA) is 74.7 Å². The number of Topliss-reactive ketones (excluding diaryl/α,β-unsaturated/α-hetero) is 1. The zero-order valence-corrected chi connectivity index (χ0v) is 13.8. The number of fused-ring (bicyclic) bond motifs is 1. The molecule has 0 aliphatic heterocycles. The Morgan fingerprint density at radius 1 is 1.30 bits per heavy atom. The van der Waals surface area contributed by atoms with Crippen molar-refractivity contribution in [2.75, 3.05) is 6.54 Å². The number of carbonyl (C=O) groups excluding carboxylic acids is 2. The number of carboxylic acids is 1. The number of hydrogen-bond acceptors (Lipinski definition) is 3. The molecule has 1 amide bonds. The average molecular weight is 317 g/mol. The molecule has 0 aromatic heterocycles. The van der Waals surface area contributed by atoms with Crippen molar-refractivity contribution in [2.24, 2.45) is 11.8 Å². The third-order valence-corrected chi connectivity index (χ3v) is 4.46. The van der Waals surface area contributed by atoms with Gasteiger partial charge in [-0.15, -0.1) is 0 Å². The van der Waals surface area contributed by atoms with Gasteiger partial charge < -0.3 is 10.0 Å². The van der Waals surface area contributed by atoms with Gasteiger partial charge in [-0.2, -0.15) is 0 Å². The first-order chi connectivity index (χ1) is 10.8. The molecule has 2 atom stereocenters. The van der Waals surface area contributed by atoms with Crippen LogP contribution in [0, 0.1) is 11.8 Å². The van der Waals surface area contributed by atoms with Crippen molar-refractivity contribution in [3.05, 3.63) is 35.4 Å². The molecular weight excluding hydrogens is 294 g/mol. The summed E-state index contributed by atoms with van der Waals surface area (Å²) < 4.78 is 0. The Bertz CT molecular complexity index is 623. The van der Waals surface area contributed by atoms with Crippen molar-refractivity contribution in [3.8, 4) is 0 Å². The van der Waals surface area contributed by atoms with Crippen LogP contribution in [0.2, 0.25) is 0 Å². The fourth-order valence-electron chi connectivity index (χ4n) is 3.29. The molecule has 124 valence electrons. The quantitative estimate of drug-likeness (QED) is 0.905. The Hall–Kier alpha value is -2.17. The van der Waals surface area contributed by atoms with Crippen LogP contribution in [0.5, 0.6) is 0 Å². The third kappa shape index (κ3) is 3.60. The van der Waals surface area contributed by atoms with Crippen LogP contribution in [0.1, 0.15) is 43.1 Å². The average Bonchev–Trinajstić information content (AvgIpc) is 2.48. The number of ketones is 1. The molecule has 1 aliphatic rings. The molecule has 0 saturated heterocycles. The van der Waals surface area contributed by atoms with Crippen molar-refractivity contribution in [1.29, 1.82) is 0 Å². The molecule has 2 rings (SSSR count). The fraction of sp³-hybridized carbons (Fsp3) is 0.500. The van der Waals surface area contributed by atoms with Crippen molar-refractivity contribution in [2.45, 2.75) is 39.7 Å². The van der Waals surface area contributed by atoms with Gasteiger partial charge in [0.1, 0.15) is 6.04 Å². The number of hydrogen-bond donors (Lipinski definition) is 1. The van der Waals surface area contributed by atoms with Crippen molar-refractivity contribution >= 4 is 17.7 Å². The van der Waals surface area contributed by atoms with E-state index in [1.807, 2.05) is 18.2 Å². The lowest BCUT2D eigenvalue weighted by Gasteiger charge is -2.34. The van der Waals surface area contributed by atoms with Gasteiger partial charge in [0.25, 0.3) is 0 Å². The predicted molar refractivity (Wildman–Crippen MR) is 86.2 cm³/mol. The van der Waals surface area contributed by atoms with Gasteiger partial charge in [0.15, 0.2) is 5.78 Å². The number of benzene rings is 1. The minimum absolute atomic E-state index is 0.00555. The standard InChI is InChI=1S/C18H23NO4/c1-11(2)16(18(22)23)19(12(3)20)10-14-9-8-13-6-4-5-7-15(13)17(14)21/h4-7,11,14,16H,8-10H2,1-3H3,(H,22,23)/t14-,16+/m0/s1. The minimum atomic E-state index is -1.03. The summed E-state index contributed by atoms with van der Waals surface area (Å²) in [5.74, 6) is -1.89. The maximum Gasteiger partial charge on any atom is 0.326 e. The summed E-state index contributed by atoms with van der Waals surface area (Å²) in [6, 6.07) is 6.58. The van der Waals surface area contributed by atoms with Crippen molar-refractivity contribution in [1.82, 2.24) is 4.90 Å². The zero-order valence-electron chi connectivity index (χ0n) is 13.8. The summed E-state index contributed by atoms with van der Waals surface area (Å²) in [5.41, 5.74) is 1.73. The molecule has 5 nitrogen and oxygen atoms in total. The first-order valence-corrected chi connectivity index (χ1v) is 7.95. The highest BCUT2D eigenvalue weighted by atomic mass is 16.4. The van der Waals surface area contributed by atoms with Crippen LogP contribution in [-0.4, -0.2) is 40.3 Å². The number of aliphatic carboxylic acids is 1. The third-order valence-electron chi connectivity index (χ3n) is 4.46. The number of rotatable bonds is 5. The highest BCUT2D eigenvalue weighted by Crippen LogP contribution is 2.27. The van der Waals surface area contributed by atoms with Crippen LogP contribution < -0.4 is 0 Å². The van der Waals surface area contributed by atoms with Crippen LogP contribution in [0.15, 0.2) is 24.3 Å². The Kier molecular flexibility index (Phi) is 5.19. The molecule has 1 aromatic rings. The number of carboxylic acid groups (broad SMARTS) is 1. The van der Waals surface area contributed by atoms with E-state index in [1.54, 1.807) is 19.9 Å². The van der Waals surface area contributed by atoms with Crippen LogP contribution in [0.3, 0.4) is 0 Å². The lowest BCUT2D eigenvalue weighted by atomic mass is 9.82. The summed E-state index contributed by atoms with van der Waals surface area (Å²) in [4.78, 5) is 37.5. The van der Waals surface area contributed by atoms with Gasteiger partial charge in [-0.25, -0.2) is 4.79 Å². The van der Waals surface area contributed by atoms with E-state index in [9.17, 15) is 19.5 Å². The molecule has 0 heterocycles. The monoisotopic (exact) mass is 317 g/mol. The number of amides is 1. The molecule has 0 spiro atoms. The molecule has 0 fully saturated rings. The van der Waals surface area contributed by atoms with E-state index < -0.39 is 12.0 Å². The summed E-state index contributed by atoms with van der Waals surface area (Å²) in [5, 5.41) is 9.44. The van der Waals surface area contributed by atoms with E-state index >= 15 is 0 Å². The number of aryl methyl sites for hydroxylation is 1. The largest absolute Gasteiger partial charge is 0.480 e. The van der Waals surface area contributed by atoms with Crippen LogP contribution in [-0.2, 0) is 16.0 Å². The van der Waals surface area contributed by atoms with Gasteiger partial charge >= 0.3 is 5.97 Å². The van der Waals surface area contributed by atoms with Gasteiger partial charge in [0.05, 0.1) is 0 Å². The maximum atomic E-state index is 12.7. The van der Waals surface area contributed by atoms with Gasteiger partial charge in [0.2, 0.25) is 5.91 Å². The molecule has 0 saturated carbocycles. The zero-order chi connectivity index (χ0) is 17.1. The molecule has 23 heavy (non-hydrogen) atoms. The smallest absolute Gasteiger partial charge is 0.326 e. The lowest BCUT2D eigenvalue weighted by molar-refractivity contribution is -0.151. The van der Waals surface area contributed by atoms with Gasteiger partial charge in [0, 0.05) is 24.9 Å². The summed E-state index contributed by atoms with van der Waals surface area (Å²) in [6.07, 6.45) is 1.42. The van der Waals surface area contributed by atoms with Gasteiger partial charge in [-0.05, 0) is 24.3 Å². The first kappa shape index (κ1) is 17.2. The highest BCUT2D eigenvalue weighted by molar-refractivity contribution is 6.00. The van der Waals surface area contributed by atoms with Crippen LogP contribution in [0.4, 0.5) is 0 Å². The molecule has 0 unspecified atom stereocenters. The second-order valence-corrected chi connectivity index (χ2v) is 6.46. The van der Waals surface area contributed by atoms with Crippen molar-refractivity contribution < 1.29 is 19.5 Å². The number of nitrogens with zero attached hydrogens (tertiary/aromatic N) is 1. The first-order valence-electron chi connectivity index (χ1n) is 7.95. The lowest BCUT2D eigenvalue weighted by Crippen LogP contribution is -2.50. The Labute approximate surface area is 136 Å². The van der Waals surface area contributed by atoms with E-state index in [-0.39, 0.29) is 30.1 Å². The van der Waals surface area contributed by atoms with Crippen molar-refractivity contribution in [3.63, 3.8) is 0 Å². The minimum Gasteiger partial charge on any atom is -0.480 e. The second kappa shape index (κ2) is 6.94. The Morgan fingerprint density at radius 2 is 1.96 bits per heavy atom. The van der Waals surface area contributed by atoms with Crippen LogP contribution >= 0.6 is 0 Å². The van der Waals surface area contributed by atoms with E-state index in [2.05, 4.69) is 0 Å². The van der Waals surface area contributed by atoms with E-state index in [1.165, 1.54) is 11.8 Å². The maximum absolute atomic E-state index is 12.7. The van der Waals surface area contributed by atoms with E-state index in [0.29, 0.717) is 12.0 Å². The van der Waals surface area contributed by atoms with Crippen LogP contribution in [0.25, 0.3) is 0 Å². The molecule has 5 heteroatoms. The molecule has 0 bridgehead atoms. The Morgan fingerprint density at radius 3 is 2.52 bits per heavy atom. The Balaban J connectivity index is 2.23. The molecular formula is C18H23NO4. The van der Waals surface area contributed by atoms with Gasteiger partial charge in [-0.3, -0.25) is 9.59 Å². The van der Waals surface area contributed by atoms with Gasteiger partial charge in [-0.1, -0.05) is 38.1 Å². The summed E-state index contributed by atoms with van der Waals surface area (Å²) in [7, 11) is 0. The molecule has 1 aromatic carbocycles. The predicted octanol–water partition coefficient (Wildman–Crippen LogP) is 2.39. The molecule has 1 N–H and O–H groups in total. The summed E-state index contributed by atoms with van der Waals surface area (Å²) >= 11 is 0.